The Hall–Kier alpha value is -0.900. The molecular formula is H4N2O6S2. The zero-order valence-corrected chi connectivity index (χ0v) is 6.11. The largest absolute Gasteiger partial charge is 0.328 e. The van der Waals surface area contributed by atoms with E-state index in [1.807, 2.05) is 0 Å². The summed E-state index contributed by atoms with van der Waals surface area (Å²) in [5, 5.41) is 27.3. The Morgan fingerprint density at radius 1 is 1.00 bits per heavy atom. The molecule has 62 valence electrons. The van der Waals surface area contributed by atoms with Crippen molar-refractivity contribution in [1.82, 2.24) is 0 Å². The molecule has 0 aromatic carbocycles. The van der Waals surface area contributed by atoms with Gasteiger partial charge in [-0.3, -0.25) is 0 Å². The van der Waals surface area contributed by atoms with Gasteiger partial charge in [0, 0.05) is 0 Å². The van der Waals surface area contributed by atoms with Gasteiger partial charge < -0.3 is 10.4 Å². The molecule has 2 N–H and O–H groups in total. The molecule has 0 fully saturated rings. The molecule has 0 saturated heterocycles. The van der Waals surface area contributed by atoms with Crippen LogP contribution in [0.3, 0.4) is 0 Å². The minimum Gasteiger partial charge on any atom is -0.328 e. The quantitative estimate of drug-likeness (QED) is 0.186. The van der Waals surface area contributed by atoms with E-state index in [1.165, 1.54) is 0 Å². The SMILES string of the molecule is O=[N+]([O-])O.O=[N+]([O-])O.SS. The van der Waals surface area contributed by atoms with Crippen molar-refractivity contribution >= 4 is 23.3 Å². The summed E-state index contributed by atoms with van der Waals surface area (Å²) in [5.74, 6) is 0. The Labute approximate surface area is 64.9 Å². The molecule has 8 nitrogen and oxygen atoms in total. The fourth-order valence-electron chi connectivity index (χ4n) is 0. The maximum absolute atomic E-state index is 8.36. The molecule has 0 radical (unpaired) electrons. The average molecular weight is 192 g/mol. The summed E-state index contributed by atoms with van der Waals surface area (Å²) in [4.78, 5) is 16.7. The van der Waals surface area contributed by atoms with Crippen LogP contribution in [0.15, 0.2) is 0 Å². The summed E-state index contributed by atoms with van der Waals surface area (Å²) in [5.41, 5.74) is 0. The fraction of sp³-hybridized carbons (Fsp3) is 0. The van der Waals surface area contributed by atoms with E-state index in [4.69, 9.17) is 30.6 Å². The van der Waals surface area contributed by atoms with Crippen LogP contribution in [-0.2, 0) is 0 Å². The first-order chi connectivity index (χ1) is 4.46. The molecule has 0 aromatic rings. The molecule has 0 spiro atoms. The average Bonchev–Trinajstić information content (AvgIpc) is 1.66. The molecule has 10 heteroatoms. The van der Waals surface area contributed by atoms with E-state index in [0.29, 0.717) is 0 Å². The van der Waals surface area contributed by atoms with Gasteiger partial charge in [-0.2, -0.15) is 0 Å². The third-order valence-corrected chi connectivity index (χ3v) is 0. The minimum atomic E-state index is -1.50. The lowest BCUT2D eigenvalue weighted by molar-refractivity contribution is -0.742. The van der Waals surface area contributed by atoms with Crippen molar-refractivity contribution in [3.8, 4) is 0 Å². The van der Waals surface area contributed by atoms with E-state index in [-0.39, 0.29) is 0 Å². The summed E-state index contributed by atoms with van der Waals surface area (Å²) >= 11 is 6.44. The van der Waals surface area contributed by atoms with Crippen molar-refractivity contribution < 1.29 is 20.6 Å². The highest BCUT2D eigenvalue weighted by molar-refractivity contribution is 8.59. The van der Waals surface area contributed by atoms with Gasteiger partial charge in [0.25, 0.3) is 10.2 Å². The Kier molecular flexibility index (Phi) is 25.2. The highest BCUT2D eigenvalue weighted by Gasteiger charge is 1.65. The zero-order chi connectivity index (χ0) is 9.15. The monoisotopic (exact) mass is 192 g/mol. The van der Waals surface area contributed by atoms with Crippen LogP contribution in [0.5, 0.6) is 0 Å². The molecule has 0 aliphatic heterocycles. The lowest BCUT2D eigenvalue weighted by Gasteiger charge is -1.56. The van der Waals surface area contributed by atoms with Crippen molar-refractivity contribution in [2.45, 2.75) is 0 Å². The summed E-state index contributed by atoms with van der Waals surface area (Å²) in [6.07, 6.45) is 0. The van der Waals surface area contributed by atoms with Crippen LogP contribution < -0.4 is 0 Å². The Morgan fingerprint density at radius 2 is 1.00 bits per heavy atom. The predicted molar refractivity (Wildman–Crippen MR) is 35.5 cm³/mol. The molecule has 0 bridgehead atoms. The molecular weight excluding hydrogens is 188 g/mol. The van der Waals surface area contributed by atoms with Crippen molar-refractivity contribution in [3.63, 3.8) is 0 Å². The number of rotatable bonds is 0. The topological polar surface area (TPSA) is 127 Å². The molecule has 0 heterocycles. The second-order valence-electron chi connectivity index (χ2n) is 0.476. The van der Waals surface area contributed by atoms with Gasteiger partial charge in [-0.1, -0.05) is 0 Å². The van der Waals surface area contributed by atoms with Gasteiger partial charge in [-0.05, 0) is 0 Å². The van der Waals surface area contributed by atoms with E-state index in [1.54, 1.807) is 0 Å². The van der Waals surface area contributed by atoms with Crippen molar-refractivity contribution in [1.29, 1.82) is 0 Å². The van der Waals surface area contributed by atoms with E-state index >= 15 is 0 Å². The molecule has 0 aliphatic rings. The zero-order valence-electron chi connectivity index (χ0n) is 4.32. The number of hydrogen-bond donors (Lipinski definition) is 4. The molecule has 10 heavy (non-hydrogen) atoms. The minimum absolute atomic E-state index is 1.50. The second kappa shape index (κ2) is 15.7. The highest BCUT2D eigenvalue weighted by Crippen LogP contribution is 1.65. The number of hydrogen-bond acceptors (Lipinski definition) is 6. The summed E-state index contributed by atoms with van der Waals surface area (Å²) in [6.45, 7) is 0. The van der Waals surface area contributed by atoms with Crippen LogP contribution in [0.2, 0.25) is 0 Å². The Bertz CT molecular complexity index is 71.7. The van der Waals surface area contributed by atoms with Crippen LogP contribution in [0.1, 0.15) is 0 Å². The first kappa shape index (κ1) is 16.0. The van der Waals surface area contributed by atoms with Crippen molar-refractivity contribution in [3.05, 3.63) is 20.2 Å². The summed E-state index contributed by atoms with van der Waals surface area (Å²) in [6, 6.07) is 0. The standard InChI is InChI=1S/2HNO3.H2S2/c2*2-1(3)4;1-2/h2*(H,2,3,4);1-2H. The predicted octanol–water partition coefficient (Wildman–Crippen LogP) is 0.0656. The number of thiol groups is 2. The van der Waals surface area contributed by atoms with Gasteiger partial charge in [0.05, 0.1) is 0 Å². The van der Waals surface area contributed by atoms with Crippen LogP contribution in [0.4, 0.5) is 0 Å². The van der Waals surface area contributed by atoms with E-state index in [2.05, 4.69) is 23.3 Å². The van der Waals surface area contributed by atoms with Crippen LogP contribution >= 0.6 is 23.3 Å². The molecule has 0 rings (SSSR count). The highest BCUT2D eigenvalue weighted by atomic mass is 33.1. The first-order valence-corrected chi connectivity index (χ1v) is 2.93. The molecule has 0 unspecified atom stereocenters. The molecule has 0 aromatic heterocycles. The summed E-state index contributed by atoms with van der Waals surface area (Å²) in [7, 11) is 0. The lowest BCUT2D eigenvalue weighted by Crippen LogP contribution is -1.81. The van der Waals surface area contributed by atoms with Gasteiger partial charge in [0.15, 0.2) is 0 Å². The van der Waals surface area contributed by atoms with Crippen LogP contribution in [-0.4, -0.2) is 20.6 Å². The first-order valence-electron chi connectivity index (χ1n) is 1.33. The molecule has 0 saturated carbocycles. The normalized spacial score (nSPS) is 5.40. The van der Waals surface area contributed by atoms with E-state index < -0.39 is 10.2 Å². The molecule has 0 atom stereocenters. The van der Waals surface area contributed by atoms with Crippen molar-refractivity contribution in [2.24, 2.45) is 0 Å². The third-order valence-electron chi connectivity index (χ3n) is 0. The fourth-order valence-corrected chi connectivity index (χ4v) is 0. The van der Waals surface area contributed by atoms with Crippen molar-refractivity contribution in [2.75, 3.05) is 0 Å². The third kappa shape index (κ3) is 326. The Morgan fingerprint density at radius 3 is 1.00 bits per heavy atom. The van der Waals surface area contributed by atoms with Gasteiger partial charge >= 0.3 is 0 Å². The van der Waals surface area contributed by atoms with E-state index in [9.17, 15) is 0 Å². The summed E-state index contributed by atoms with van der Waals surface area (Å²) < 4.78 is 0. The van der Waals surface area contributed by atoms with Gasteiger partial charge in [-0.25, -0.2) is 0 Å². The van der Waals surface area contributed by atoms with Gasteiger partial charge in [-0.15, -0.1) is 43.6 Å². The maximum Gasteiger partial charge on any atom is 0.291 e. The molecule has 0 aliphatic carbocycles. The maximum atomic E-state index is 8.36. The van der Waals surface area contributed by atoms with Crippen LogP contribution in [0.25, 0.3) is 0 Å². The Balaban J connectivity index is -0.0000000787. The molecule has 0 amide bonds. The van der Waals surface area contributed by atoms with Gasteiger partial charge in [0.2, 0.25) is 0 Å². The van der Waals surface area contributed by atoms with Gasteiger partial charge in [0.1, 0.15) is 0 Å². The lowest BCUT2D eigenvalue weighted by atomic mass is 13.1. The van der Waals surface area contributed by atoms with Crippen LogP contribution in [0, 0.1) is 20.2 Å². The number of nitrogens with zero attached hydrogens (tertiary/aromatic N) is 2. The van der Waals surface area contributed by atoms with E-state index in [0.717, 1.165) is 0 Å². The second-order valence-corrected chi connectivity index (χ2v) is 0.476. The smallest absolute Gasteiger partial charge is 0.291 e.